The lowest BCUT2D eigenvalue weighted by atomic mass is 10.1. The van der Waals surface area contributed by atoms with E-state index in [4.69, 9.17) is 13.9 Å². The van der Waals surface area contributed by atoms with Gasteiger partial charge in [-0.3, -0.25) is 0 Å². The summed E-state index contributed by atoms with van der Waals surface area (Å²) in [6, 6.07) is 17.1. The number of ether oxygens (including phenoxy) is 2. The molecule has 3 aromatic rings. The summed E-state index contributed by atoms with van der Waals surface area (Å²) in [7, 11) is 1.58. The Hall–Kier alpha value is -4.06. The molecule has 144 valence electrons. The summed E-state index contributed by atoms with van der Waals surface area (Å²) in [6.07, 6.45) is 3.20. The van der Waals surface area contributed by atoms with E-state index in [1.165, 1.54) is 6.07 Å². The van der Waals surface area contributed by atoms with Crippen LogP contribution in [0.4, 0.5) is 0 Å². The zero-order valence-electron chi connectivity index (χ0n) is 15.4. The summed E-state index contributed by atoms with van der Waals surface area (Å²) < 4.78 is 16.2. The minimum atomic E-state index is -1.04. The molecule has 6 heteroatoms. The third kappa shape index (κ3) is 3.68. The summed E-state index contributed by atoms with van der Waals surface area (Å²) >= 11 is 0. The van der Waals surface area contributed by atoms with E-state index < -0.39 is 11.9 Å². The van der Waals surface area contributed by atoms with E-state index in [-0.39, 0.29) is 5.56 Å². The number of rotatable bonds is 5. The Labute approximate surface area is 166 Å². The average Bonchev–Trinajstić information content (AvgIpc) is 3.35. The quantitative estimate of drug-likeness (QED) is 0.506. The second-order valence-electron chi connectivity index (χ2n) is 6.28. The fraction of sp³-hybridized carbons (Fsp3) is 0.0435. The molecule has 1 aliphatic rings. The zero-order chi connectivity index (χ0) is 20.4. The minimum absolute atomic E-state index is 0.142. The van der Waals surface area contributed by atoms with Crippen LogP contribution in [-0.4, -0.2) is 24.2 Å². The SMILES string of the molecule is COc1ccc(C2=C/C(=C\c3ccc(-c4ccccc4C(=O)O)o3)C(=O)O2)cc1. The van der Waals surface area contributed by atoms with Crippen molar-refractivity contribution in [1.29, 1.82) is 0 Å². The highest BCUT2D eigenvalue weighted by Crippen LogP contribution is 2.30. The number of hydrogen-bond acceptors (Lipinski definition) is 5. The molecule has 1 aromatic heterocycles. The van der Waals surface area contributed by atoms with Gasteiger partial charge in [-0.2, -0.15) is 0 Å². The first-order chi connectivity index (χ1) is 14.0. The molecular formula is C23H16O6. The Balaban J connectivity index is 1.62. The number of carboxylic acid groups (broad SMARTS) is 1. The Kier molecular flexibility index (Phi) is 4.75. The van der Waals surface area contributed by atoms with Crippen molar-refractivity contribution in [2.45, 2.75) is 0 Å². The topological polar surface area (TPSA) is 86.0 Å². The molecule has 0 amide bonds. The second-order valence-corrected chi connectivity index (χ2v) is 6.28. The molecule has 1 aliphatic heterocycles. The second kappa shape index (κ2) is 7.52. The van der Waals surface area contributed by atoms with E-state index in [0.717, 1.165) is 5.56 Å². The van der Waals surface area contributed by atoms with E-state index >= 15 is 0 Å². The van der Waals surface area contributed by atoms with Crippen molar-refractivity contribution in [1.82, 2.24) is 0 Å². The fourth-order valence-electron chi connectivity index (χ4n) is 3.00. The van der Waals surface area contributed by atoms with Crippen LogP contribution >= 0.6 is 0 Å². The lowest BCUT2D eigenvalue weighted by Crippen LogP contribution is -1.98. The highest BCUT2D eigenvalue weighted by Gasteiger charge is 2.23. The van der Waals surface area contributed by atoms with Crippen LogP contribution in [0.3, 0.4) is 0 Å². The van der Waals surface area contributed by atoms with Gasteiger partial charge in [0.25, 0.3) is 0 Å². The first-order valence-corrected chi connectivity index (χ1v) is 8.77. The molecule has 6 nitrogen and oxygen atoms in total. The van der Waals surface area contributed by atoms with Gasteiger partial charge in [0, 0.05) is 11.1 Å². The molecule has 0 bridgehead atoms. The van der Waals surface area contributed by atoms with Crippen molar-refractivity contribution < 1.29 is 28.6 Å². The fourth-order valence-corrected chi connectivity index (χ4v) is 3.00. The molecule has 4 rings (SSSR count). The van der Waals surface area contributed by atoms with Crippen LogP contribution in [0.5, 0.6) is 5.75 Å². The molecule has 0 fully saturated rings. The number of carboxylic acids is 1. The molecule has 0 atom stereocenters. The van der Waals surface area contributed by atoms with Gasteiger partial charge in [-0.1, -0.05) is 18.2 Å². The van der Waals surface area contributed by atoms with Crippen LogP contribution in [0.1, 0.15) is 21.7 Å². The maximum absolute atomic E-state index is 12.2. The lowest BCUT2D eigenvalue weighted by molar-refractivity contribution is -0.130. The number of methoxy groups -OCH3 is 1. The molecule has 0 radical (unpaired) electrons. The first kappa shape index (κ1) is 18.3. The average molecular weight is 388 g/mol. The number of hydrogen-bond donors (Lipinski definition) is 1. The third-order valence-electron chi connectivity index (χ3n) is 4.45. The Bertz CT molecular complexity index is 1150. The van der Waals surface area contributed by atoms with Gasteiger partial charge in [0.15, 0.2) is 0 Å². The summed E-state index contributed by atoms with van der Waals surface area (Å²) in [6.45, 7) is 0. The predicted octanol–water partition coefficient (Wildman–Crippen LogP) is 4.63. The summed E-state index contributed by atoms with van der Waals surface area (Å²) in [5.41, 5.74) is 1.69. The van der Waals surface area contributed by atoms with Crippen molar-refractivity contribution >= 4 is 23.8 Å². The molecule has 0 aliphatic carbocycles. The van der Waals surface area contributed by atoms with Gasteiger partial charge in [-0.25, -0.2) is 9.59 Å². The Morgan fingerprint density at radius 1 is 1.03 bits per heavy atom. The van der Waals surface area contributed by atoms with E-state index in [1.54, 1.807) is 73.9 Å². The van der Waals surface area contributed by atoms with Crippen LogP contribution in [0.25, 0.3) is 23.2 Å². The highest BCUT2D eigenvalue weighted by molar-refractivity contribution is 6.05. The first-order valence-electron chi connectivity index (χ1n) is 8.77. The molecule has 29 heavy (non-hydrogen) atoms. The van der Waals surface area contributed by atoms with Crippen molar-refractivity contribution in [3.8, 4) is 17.1 Å². The number of carbonyl (C=O) groups excluding carboxylic acids is 1. The monoisotopic (exact) mass is 388 g/mol. The van der Waals surface area contributed by atoms with Gasteiger partial charge >= 0.3 is 11.9 Å². The number of cyclic esters (lactones) is 1. The van der Waals surface area contributed by atoms with E-state index in [1.807, 2.05) is 0 Å². The predicted molar refractivity (Wildman–Crippen MR) is 106 cm³/mol. The van der Waals surface area contributed by atoms with Crippen LogP contribution in [-0.2, 0) is 9.53 Å². The zero-order valence-corrected chi connectivity index (χ0v) is 15.4. The van der Waals surface area contributed by atoms with Gasteiger partial charge in [-0.05, 0) is 54.6 Å². The largest absolute Gasteiger partial charge is 0.497 e. The van der Waals surface area contributed by atoms with Gasteiger partial charge in [0.1, 0.15) is 23.0 Å². The van der Waals surface area contributed by atoms with Crippen molar-refractivity contribution in [2.24, 2.45) is 0 Å². The van der Waals surface area contributed by atoms with Gasteiger partial charge < -0.3 is 19.0 Å². The van der Waals surface area contributed by atoms with Crippen molar-refractivity contribution in [3.63, 3.8) is 0 Å². The van der Waals surface area contributed by atoms with Gasteiger partial charge in [0.2, 0.25) is 0 Å². The van der Waals surface area contributed by atoms with Crippen molar-refractivity contribution in [3.05, 3.63) is 89.2 Å². The summed E-state index contributed by atoms with van der Waals surface area (Å²) in [5.74, 6) is 0.439. The lowest BCUT2D eigenvalue weighted by Gasteiger charge is -2.03. The number of furan rings is 1. The highest BCUT2D eigenvalue weighted by atomic mass is 16.5. The van der Waals surface area contributed by atoms with Gasteiger partial charge in [0.05, 0.1) is 18.2 Å². The molecule has 0 saturated carbocycles. The van der Waals surface area contributed by atoms with Crippen LogP contribution < -0.4 is 4.74 Å². The molecule has 0 unspecified atom stereocenters. The van der Waals surface area contributed by atoms with Crippen LogP contribution in [0.15, 0.2) is 76.7 Å². The maximum Gasteiger partial charge on any atom is 0.343 e. The number of carbonyl (C=O) groups is 2. The van der Waals surface area contributed by atoms with E-state index in [9.17, 15) is 14.7 Å². The molecule has 0 spiro atoms. The number of benzene rings is 2. The van der Waals surface area contributed by atoms with Crippen LogP contribution in [0.2, 0.25) is 0 Å². The third-order valence-corrected chi connectivity index (χ3v) is 4.45. The minimum Gasteiger partial charge on any atom is -0.497 e. The van der Waals surface area contributed by atoms with E-state index in [0.29, 0.717) is 34.2 Å². The normalized spacial score (nSPS) is 14.6. The molecule has 2 aromatic carbocycles. The van der Waals surface area contributed by atoms with E-state index in [2.05, 4.69) is 0 Å². The molecule has 1 N–H and O–H groups in total. The van der Waals surface area contributed by atoms with Crippen molar-refractivity contribution in [2.75, 3.05) is 7.11 Å². The standard InChI is InChI=1S/C23H16O6/c1-27-16-8-6-14(7-9-16)21-13-15(23(26)29-21)12-17-10-11-20(28-17)18-4-2-3-5-19(18)22(24)25/h2-13H,1H3,(H,24,25)/b15-12+. The number of aromatic carboxylic acids is 1. The number of esters is 1. The molecular weight excluding hydrogens is 372 g/mol. The molecule has 0 saturated heterocycles. The Morgan fingerprint density at radius 2 is 1.79 bits per heavy atom. The summed E-state index contributed by atoms with van der Waals surface area (Å²) in [4.78, 5) is 23.6. The maximum atomic E-state index is 12.2. The van der Waals surface area contributed by atoms with Gasteiger partial charge in [-0.15, -0.1) is 0 Å². The Morgan fingerprint density at radius 3 is 2.52 bits per heavy atom. The molecule has 2 heterocycles. The summed E-state index contributed by atoms with van der Waals surface area (Å²) in [5, 5.41) is 9.34. The van der Waals surface area contributed by atoms with Crippen LogP contribution in [0, 0.1) is 0 Å². The smallest absolute Gasteiger partial charge is 0.343 e.